The average Bonchev–Trinajstić information content (AvgIpc) is 2.94. The number of hydrogen-bond acceptors (Lipinski definition) is 5. The van der Waals surface area contributed by atoms with Crippen LogP contribution in [0.15, 0.2) is 23.7 Å². The van der Waals surface area contributed by atoms with Gasteiger partial charge in [-0.15, -0.1) is 0 Å². The van der Waals surface area contributed by atoms with E-state index in [1.54, 1.807) is 6.07 Å². The normalized spacial score (nSPS) is 22.2. The van der Waals surface area contributed by atoms with Crippen molar-refractivity contribution < 1.29 is 18.8 Å². The topological polar surface area (TPSA) is 70.8 Å². The van der Waals surface area contributed by atoms with Gasteiger partial charge in [0.2, 0.25) is 0 Å². The van der Waals surface area contributed by atoms with Gasteiger partial charge in [-0.1, -0.05) is 12.1 Å². The van der Waals surface area contributed by atoms with Gasteiger partial charge in [0.15, 0.2) is 0 Å². The first kappa shape index (κ1) is 16.2. The fourth-order valence-electron chi connectivity index (χ4n) is 2.67. The first-order chi connectivity index (χ1) is 10.7. The smallest absolute Gasteiger partial charge is 0.457 e. The Hall–Kier alpha value is -1.63. The molecule has 3 rings (SSSR count). The van der Waals surface area contributed by atoms with Crippen LogP contribution in [0.25, 0.3) is 6.08 Å². The molecule has 1 aromatic rings. The maximum Gasteiger partial charge on any atom is 0.491 e. The molecule has 0 aromatic heterocycles. The molecule has 1 fully saturated rings. The van der Waals surface area contributed by atoms with Gasteiger partial charge >= 0.3 is 13.1 Å². The molecule has 0 bridgehead atoms. The molecule has 5 nitrogen and oxygen atoms in total. The fourth-order valence-corrected chi connectivity index (χ4v) is 2.67. The van der Waals surface area contributed by atoms with E-state index in [2.05, 4.69) is 0 Å². The standard InChI is InChI=1S/C17H22BNO4/c1-16(2)17(3,4)23-18(22-16)13(9-19)8-11-5-6-14-12(7-11)10-21-15(14)20/h5-8H,9-10,19H2,1-4H3. The van der Waals surface area contributed by atoms with Gasteiger partial charge in [0.25, 0.3) is 0 Å². The summed E-state index contributed by atoms with van der Waals surface area (Å²) in [5, 5.41) is 0. The highest BCUT2D eigenvalue weighted by atomic mass is 16.7. The monoisotopic (exact) mass is 315 g/mol. The number of benzene rings is 1. The molecule has 0 unspecified atom stereocenters. The van der Waals surface area contributed by atoms with Crippen molar-refractivity contribution in [3.63, 3.8) is 0 Å². The Morgan fingerprint density at radius 2 is 1.91 bits per heavy atom. The Bertz CT molecular complexity index is 665. The highest BCUT2D eigenvalue weighted by molar-refractivity contribution is 6.55. The van der Waals surface area contributed by atoms with Crippen LogP contribution in [-0.2, 0) is 20.7 Å². The van der Waals surface area contributed by atoms with Crippen molar-refractivity contribution in [3.05, 3.63) is 40.4 Å². The quantitative estimate of drug-likeness (QED) is 0.685. The van der Waals surface area contributed by atoms with Gasteiger partial charge in [-0.25, -0.2) is 4.79 Å². The minimum atomic E-state index is -0.462. The minimum Gasteiger partial charge on any atom is -0.457 e. The van der Waals surface area contributed by atoms with E-state index in [-0.39, 0.29) is 5.97 Å². The molecular formula is C17H22BNO4. The summed E-state index contributed by atoms with van der Waals surface area (Å²) >= 11 is 0. The summed E-state index contributed by atoms with van der Waals surface area (Å²) in [6.45, 7) is 8.71. The summed E-state index contributed by atoms with van der Waals surface area (Å²) < 4.78 is 17.1. The minimum absolute atomic E-state index is 0.263. The third-order valence-electron chi connectivity index (χ3n) is 4.85. The van der Waals surface area contributed by atoms with Crippen molar-refractivity contribution >= 4 is 19.2 Å². The fraction of sp³-hybridized carbons (Fsp3) is 0.471. The Kier molecular flexibility index (Phi) is 3.87. The second-order valence-corrected chi connectivity index (χ2v) is 7.00. The number of nitrogens with two attached hydrogens (primary N) is 1. The highest BCUT2D eigenvalue weighted by Gasteiger charge is 2.52. The lowest BCUT2D eigenvalue weighted by atomic mass is 9.77. The van der Waals surface area contributed by atoms with Crippen molar-refractivity contribution in [2.75, 3.05) is 6.54 Å². The summed E-state index contributed by atoms with van der Waals surface area (Å²) in [4.78, 5) is 11.5. The summed E-state index contributed by atoms with van der Waals surface area (Å²) in [6, 6.07) is 5.61. The molecule has 1 aromatic carbocycles. The van der Waals surface area contributed by atoms with Crippen molar-refractivity contribution in [1.29, 1.82) is 0 Å². The summed E-state index contributed by atoms with van der Waals surface area (Å²) in [7, 11) is -0.462. The molecule has 0 aliphatic carbocycles. The van der Waals surface area contributed by atoms with Crippen LogP contribution in [0, 0.1) is 0 Å². The molecule has 0 amide bonds. The summed E-state index contributed by atoms with van der Waals surface area (Å²) in [6.07, 6.45) is 1.96. The van der Waals surface area contributed by atoms with Gasteiger partial charge in [0, 0.05) is 12.1 Å². The zero-order valence-electron chi connectivity index (χ0n) is 14.0. The van der Waals surface area contributed by atoms with Crippen molar-refractivity contribution in [2.24, 2.45) is 5.73 Å². The molecule has 2 aliphatic heterocycles. The first-order valence-corrected chi connectivity index (χ1v) is 7.80. The number of esters is 1. The van der Waals surface area contributed by atoms with Gasteiger partial charge in [-0.2, -0.15) is 0 Å². The van der Waals surface area contributed by atoms with Crippen molar-refractivity contribution in [3.8, 4) is 0 Å². The van der Waals surface area contributed by atoms with Crippen LogP contribution in [0.3, 0.4) is 0 Å². The largest absolute Gasteiger partial charge is 0.491 e. The Labute approximate surface area is 136 Å². The molecule has 0 atom stereocenters. The number of fused-ring (bicyclic) bond motifs is 1. The Balaban J connectivity index is 1.87. The Morgan fingerprint density at radius 1 is 1.26 bits per heavy atom. The summed E-state index contributed by atoms with van der Waals surface area (Å²) in [5.74, 6) is -0.263. The molecule has 2 aliphatic rings. The molecule has 2 heterocycles. The molecule has 1 saturated heterocycles. The molecule has 0 spiro atoms. The van der Waals surface area contributed by atoms with Gasteiger partial charge in [0.05, 0.1) is 16.8 Å². The van der Waals surface area contributed by atoms with E-state index in [1.165, 1.54) is 0 Å². The van der Waals surface area contributed by atoms with Crippen LogP contribution in [0.4, 0.5) is 0 Å². The lowest BCUT2D eigenvalue weighted by Crippen LogP contribution is -2.41. The number of hydrogen-bond donors (Lipinski definition) is 1. The molecule has 23 heavy (non-hydrogen) atoms. The molecule has 122 valence electrons. The molecule has 6 heteroatoms. The lowest BCUT2D eigenvalue weighted by molar-refractivity contribution is 0.00578. The predicted molar refractivity (Wildman–Crippen MR) is 88.7 cm³/mol. The molecular weight excluding hydrogens is 293 g/mol. The van der Waals surface area contributed by atoms with Crippen LogP contribution in [0.2, 0.25) is 0 Å². The van der Waals surface area contributed by atoms with E-state index in [1.807, 2.05) is 45.9 Å². The zero-order valence-corrected chi connectivity index (χ0v) is 14.0. The second-order valence-electron chi connectivity index (χ2n) is 7.00. The van der Waals surface area contributed by atoms with Gasteiger partial charge in [0.1, 0.15) is 6.61 Å². The van der Waals surface area contributed by atoms with Crippen LogP contribution in [0.1, 0.15) is 49.2 Å². The van der Waals surface area contributed by atoms with Gasteiger partial charge in [-0.05, 0) is 50.9 Å². The number of rotatable bonds is 3. The third-order valence-corrected chi connectivity index (χ3v) is 4.85. The van der Waals surface area contributed by atoms with Crippen LogP contribution >= 0.6 is 0 Å². The maximum atomic E-state index is 11.5. The number of cyclic esters (lactones) is 1. The SMILES string of the molecule is CC1(C)OB(C(=Cc2ccc3c(c2)COC3=O)CN)OC1(C)C. The van der Waals surface area contributed by atoms with Gasteiger partial charge in [-0.3, -0.25) is 0 Å². The van der Waals surface area contributed by atoms with E-state index in [9.17, 15) is 4.79 Å². The second kappa shape index (κ2) is 5.48. The lowest BCUT2D eigenvalue weighted by Gasteiger charge is -2.32. The molecule has 0 saturated carbocycles. The van der Waals surface area contributed by atoms with E-state index in [4.69, 9.17) is 19.8 Å². The zero-order chi connectivity index (χ0) is 16.8. The van der Waals surface area contributed by atoms with Crippen LogP contribution < -0.4 is 5.73 Å². The summed E-state index contributed by atoms with van der Waals surface area (Å²) in [5.41, 5.74) is 8.46. The number of carbonyl (C=O) groups excluding carboxylic acids is 1. The van der Waals surface area contributed by atoms with Crippen LogP contribution in [-0.4, -0.2) is 30.8 Å². The van der Waals surface area contributed by atoms with Crippen molar-refractivity contribution in [2.45, 2.75) is 45.5 Å². The molecule has 2 N–H and O–H groups in total. The van der Waals surface area contributed by atoms with E-state index < -0.39 is 18.3 Å². The molecule has 0 radical (unpaired) electrons. The van der Waals surface area contributed by atoms with Crippen LogP contribution in [0.5, 0.6) is 0 Å². The Morgan fingerprint density at radius 3 is 2.52 bits per heavy atom. The van der Waals surface area contributed by atoms with E-state index in [0.717, 1.165) is 16.6 Å². The maximum absolute atomic E-state index is 11.5. The van der Waals surface area contributed by atoms with E-state index in [0.29, 0.717) is 18.7 Å². The first-order valence-electron chi connectivity index (χ1n) is 7.80. The number of carbonyl (C=O) groups is 1. The third kappa shape index (κ3) is 2.82. The van der Waals surface area contributed by atoms with Gasteiger partial charge < -0.3 is 19.8 Å². The average molecular weight is 315 g/mol. The highest BCUT2D eigenvalue weighted by Crippen LogP contribution is 2.38. The number of ether oxygens (including phenoxy) is 1. The van der Waals surface area contributed by atoms with E-state index >= 15 is 0 Å². The predicted octanol–water partition coefficient (Wildman–Crippen LogP) is 2.33. The van der Waals surface area contributed by atoms with Crippen molar-refractivity contribution in [1.82, 2.24) is 0 Å².